The number of rotatable bonds is 5. The molecule has 0 fully saturated rings. The lowest BCUT2D eigenvalue weighted by Crippen LogP contribution is -2.25. The molecule has 7 nitrogen and oxygen atoms in total. The molecule has 0 spiro atoms. The van der Waals surface area contributed by atoms with E-state index in [0.717, 1.165) is 11.0 Å². The molecule has 176 valence electrons. The minimum Gasteiger partial charge on any atom is -0.545 e. The second kappa shape index (κ2) is 9.35. The highest BCUT2D eigenvalue weighted by molar-refractivity contribution is 6.09. The van der Waals surface area contributed by atoms with Crippen LogP contribution in [0.25, 0.3) is 33.4 Å². The summed E-state index contributed by atoms with van der Waals surface area (Å²) in [5.74, 6) is 1.21. The van der Waals surface area contributed by atoms with Gasteiger partial charge in [0.05, 0.1) is 18.6 Å². The van der Waals surface area contributed by atoms with Crippen LogP contribution in [0.15, 0.2) is 59.0 Å². The molecule has 2 aromatic carbocycles. The summed E-state index contributed by atoms with van der Waals surface area (Å²) in [6.45, 7) is 0.0626. The van der Waals surface area contributed by atoms with Gasteiger partial charge in [-0.25, -0.2) is 4.58 Å². The Balaban J connectivity index is 2.12. The van der Waals surface area contributed by atoms with E-state index in [1.54, 1.807) is 6.07 Å². The zero-order chi connectivity index (χ0) is 25.3. The number of aromatic carboxylic acids is 1. The predicted octanol–water partition coefficient (Wildman–Crippen LogP) is 2.03. The molecule has 0 saturated heterocycles. The monoisotopic (exact) mass is 467 g/mol. The van der Waals surface area contributed by atoms with Crippen molar-refractivity contribution in [3.05, 3.63) is 71.1 Å². The first-order valence-electron chi connectivity index (χ1n) is 11.0. The standard InChI is InChI=1S/C28H25N3O4/c1-6-13-29-27(32)17-7-10-20(28(33)34)23(14-17)26-21-11-8-18(30(2)3)15-24(21)35-25-16-19(31(4)5)9-12-22(25)26/h1,7-12,14-16H,13H2,2-5H3,(H-,29,32,33,34). The van der Waals surface area contributed by atoms with Crippen LogP contribution < -0.4 is 25.3 Å². The number of terminal acetylenes is 1. The summed E-state index contributed by atoms with van der Waals surface area (Å²) >= 11 is 0. The first kappa shape index (κ1) is 23.6. The second-order valence-corrected chi connectivity index (χ2v) is 8.56. The van der Waals surface area contributed by atoms with Gasteiger partial charge in [0.15, 0.2) is 0 Å². The molecule has 0 atom stereocenters. The SMILES string of the molecule is C#CCNC(=O)c1ccc(C(=O)[O-])c(-c2c3ccc(=[N+](C)C)cc-3oc3cc(N(C)C)ccc23)c1. The summed E-state index contributed by atoms with van der Waals surface area (Å²) in [6, 6.07) is 15.9. The van der Waals surface area contributed by atoms with Crippen molar-refractivity contribution in [2.75, 3.05) is 39.6 Å². The molecular formula is C28H25N3O4. The summed E-state index contributed by atoms with van der Waals surface area (Å²) in [6.07, 6.45) is 5.26. The van der Waals surface area contributed by atoms with Crippen molar-refractivity contribution in [3.8, 4) is 34.8 Å². The van der Waals surface area contributed by atoms with E-state index in [1.807, 2.05) is 74.1 Å². The van der Waals surface area contributed by atoms with Crippen molar-refractivity contribution in [1.29, 1.82) is 0 Å². The van der Waals surface area contributed by atoms with E-state index < -0.39 is 11.9 Å². The zero-order valence-electron chi connectivity index (χ0n) is 20.0. The summed E-state index contributed by atoms with van der Waals surface area (Å²) < 4.78 is 8.26. The molecule has 0 aromatic heterocycles. The molecule has 1 aliphatic heterocycles. The highest BCUT2D eigenvalue weighted by Gasteiger charge is 2.22. The molecule has 0 radical (unpaired) electrons. The Hall–Kier alpha value is -4.57. The van der Waals surface area contributed by atoms with Crippen molar-refractivity contribution >= 4 is 28.5 Å². The number of carbonyl (C=O) groups is 2. The fourth-order valence-electron chi connectivity index (χ4n) is 4.02. The van der Waals surface area contributed by atoms with Gasteiger partial charge in [-0.15, -0.1) is 6.42 Å². The van der Waals surface area contributed by atoms with Gasteiger partial charge in [-0.05, 0) is 35.9 Å². The van der Waals surface area contributed by atoms with Crippen LogP contribution in [0, 0.1) is 12.3 Å². The number of hydrogen-bond donors (Lipinski definition) is 1. The maximum absolute atomic E-state index is 12.6. The smallest absolute Gasteiger partial charge is 0.252 e. The molecule has 2 aliphatic rings. The van der Waals surface area contributed by atoms with Crippen LogP contribution in [0.5, 0.6) is 0 Å². The lowest BCUT2D eigenvalue weighted by Gasteiger charge is -2.20. The van der Waals surface area contributed by atoms with Crippen molar-refractivity contribution in [3.63, 3.8) is 0 Å². The third-order valence-corrected chi connectivity index (χ3v) is 5.84. The number of fused-ring (bicyclic) bond motifs is 2. The fraction of sp³-hybridized carbons (Fsp3) is 0.179. The van der Waals surface area contributed by atoms with Crippen LogP contribution in [0.4, 0.5) is 5.69 Å². The van der Waals surface area contributed by atoms with Crippen LogP contribution in [0.2, 0.25) is 0 Å². The number of carbonyl (C=O) groups excluding carboxylic acids is 2. The van der Waals surface area contributed by atoms with Crippen LogP contribution in [0.3, 0.4) is 0 Å². The van der Waals surface area contributed by atoms with Crippen molar-refractivity contribution in [2.24, 2.45) is 0 Å². The number of carboxylic acids is 1. The summed E-state index contributed by atoms with van der Waals surface area (Å²) in [4.78, 5) is 26.7. The van der Waals surface area contributed by atoms with Crippen LogP contribution in [-0.4, -0.2) is 46.6 Å². The Morgan fingerprint density at radius 1 is 1.06 bits per heavy atom. The fourth-order valence-corrected chi connectivity index (χ4v) is 4.02. The van der Waals surface area contributed by atoms with E-state index >= 15 is 0 Å². The highest BCUT2D eigenvalue weighted by Crippen LogP contribution is 2.42. The largest absolute Gasteiger partial charge is 0.545 e. The lowest BCUT2D eigenvalue weighted by molar-refractivity contribution is -0.254. The molecule has 0 bridgehead atoms. The van der Waals surface area contributed by atoms with Gasteiger partial charge in [-0.2, -0.15) is 0 Å². The van der Waals surface area contributed by atoms with Gasteiger partial charge in [-0.3, -0.25) is 4.79 Å². The number of benzene rings is 3. The Morgan fingerprint density at radius 2 is 1.83 bits per heavy atom. The van der Waals surface area contributed by atoms with Crippen LogP contribution in [0.1, 0.15) is 20.7 Å². The van der Waals surface area contributed by atoms with Gasteiger partial charge in [0.1, 0.15) is 25.4 Å². The van der Waals surface area contributed by atoms with Crippen molar-refractivity contribution in [1.82, 2.24) is 9.89 Å². The van der Waals surface area contributed by atoms with E-state index in [-0.39, 0.29) is 17.7 Å². The molecule has 1 amide bonds. The van der Waals surface area contributed by atoms with E-state index in [1.165, 1.54) is 12.1 Å². The Labute approximate surface area is 203 Å². The predicted molar refractivity (Wildman–Crippen MR) is 135 cm³/mol. The van der Waals surface area contributed by atoms with Gasteiger partial charge in [-0.1, -0.05) is 12.0 Å². The normalized spacial score (nSPS) is 10.7. The molecule has 2 aromatic rings. The summed E-state index contributed by atoms with van der Waals surface area (Å²) in [5, 5.41) is 16.4. The maximum Gasteiger partial charge on any atom is 0.252 e. The number of hydrogen-bond acceptors (Lipinski definition) is 5. The average Bonchev–Trinajstić information content (AvgIpc) is 2.84. The van der Waals surface area contributed by atoms with E-state index in [0.29, 0.717) is 33.4 Å². The molecule has 1 N–H and O–H groups in total. The van der Waals surface area contributed by atoms with Crippen LogP contribution in [-0.2, 0) is 0 Å². The molecule has 35 heavy (non-hydrogen) atoms. The molecule has 1 aliphatic carbocycles. The first-order valence-corrected chi connectivity index (χ1v) is 11.0. The zero-order valence-corrected chi connectivity index (χ0v) is 20.0. The Bertz CT molecular complexity index is 1550. The maximum atomic E-state index is 12.6. The third kappa shape index (κ3) is 4.46. The highest BCUT2D eigenvalue weighted by atomic mass is 16.4. The van der Waals surface area contributed by atoms with Gasteiger partial charge in [0.25, 0.3) is 5.91 Å². The number of nitrogens with one attached hydrogen (secondary N) is 1. The Kier molecular flexibility index (Phi) is 6.30. The molecule has 4 rings (SSSR count). The number of carboxylic acid groups (broad SMARTS) is 1. The summed E-state index contributed by atoms with van der Waals surface area (Å²) in [5.41, 5.74) is 3.49. The minimum absolute atomic E-state index is 0.0272. The molecule has 0 saturated carbocycles. The quantitative estimate of drug-likeness (QED) is 0.276. The van der Waals surface area contributed by atoms with E-state index in [4.69, 9.17) is 10.8 Å². The van der Waals surface area contributed by atoms with Gasteiger partial charge in [0, 0.05) is 59.6 Å². The van der Waals surface area contributed by atoms with Crippen LogP contribution >= 0.6 is 0 Å². The number of anilines is 1. The first-order chi connectivity index (χ1) is 16.7. The van der Waals surface area contributed by atoms with Crippen molar-refractivity contribution < 1.29 is 19.1 Å². The second-order valence-electron chi connectivity index (χ2n) is 8.56. The van der Waals surface area contributed by atoms with E-state index in [2.05, 4.69) is 11.2 Å². The van der Waals surface area contributed by atoms with Gasteiger partial charge >= 0.3 is 0 Å². The lowest BCUT2D eigenvalue weighted by atomic mass is 9.89. The Morgan fingerprint density at radius 3 is 2.49 bits per heavy atom. The minimum atomic E-state index is -1.34. The van der Waals surface area contributed by atoms with Gasteiger partial charge < -0.3 is 24.5 Å². The molecule has 1 heterocycles. The average molecular weight is 468 g/mol. The van der Waals surface area contributed by atoms with Crippen molar-refractivity contribution in [2.45, 2.75) is 0 Å². The molecule has 7 heteroatoms. The van der Waals surface area contributed by atoms with Gasteiger partial charge in [0.2, 0.25) is 5.36 Å². The summed E-state index contributed by atoms with van der Waals surface area (Å²) in [7, 11) is 7.72. The molecular weight excluding hydrogens is 442 g/mol. The topological polar surface area (TPSA) is 88.6 Å². The number of amides is 1. The van der Waals surface area contributed by atoms with E-state index in [9.17, 15) is 14.7 Å². The third-order valence-electron chi connectivity index (χ3n) is 5.84. The number of nitrogens with zero attached hydrogens (tertiary/aromatic N) is 2. The molecule has 0 unspecified atom stereocenters.